The summed E-state index contributed by atoms with van der Waals surface area (Å²) in [5.74, 6) is 1.04. The zero-order valence-electron chi connectivity index (χ0n) is 25.8. The number of hydrogen-bond acceptors (Lipinski definition) is 6. The zero-order valence-corrected chi connectivity index (χ0v) is 26.6. The number of furan rings is 1. The van der Waals surface area contributed by atoms with Gasteiger partial charge in [-0.05, 0) is 78.2 Å². The summed E-state index contributed by atoms with van der Waals surface area (Å²) in [4.78, 5) is 42.3. The Morgan fingerprint density at radius 2 is 1.57 bits per heavy atom. The highest BCUT2D eigenvalue weighted by atomic mass is 32.2. The van der Waals surface area contributed by atoms with Gasteiger partial charge in [0.25, 0.3) is 11.8 Å². The molecule has 236 valence electrons. The Kier molecular flexibility index (Phi) is 9.84. The molecular weight excluding hydrogens is 611 g/mol. The van der Waals surface area contributed by atoms with Gasteiger partial charge in [0.15, 0.2) is 0 Å². The van der Waals surface area contributed by atoms with Crippen molar-refractivity contribution in [2.45, 2.75) is 17.9 Å². The fourth-order valence-electron chi connectivity index (χ4n) is 5.29. The first-order chi connectivity index (χ1) is 23.0. The molecule has 2 N–H and O–H groups in total. The highest BCUT2D eigenvalue weighted by Gasteiger charge is 2.21. The molecule has 1 aliphatic heterocycles. The third kappa shape index (κ3) is 7.82. The molecule has 0 saturated heterocycles. The summed E-state index contributed by atoms with van der Waals surface area (Å²) in [7, 11) is 1.59. The summed E-state index contributed by atoms with van der Waals surface area (Å²) < 4.78 is 11.5. The van der Waals surface area contributed by atoms with Crippen LogP contribution in [-0.2, 0) is 22.6 Å². The van der Waals surface area contributed by atoms with Gasteiger partial charge < -0.3 is 24.7 Å². The van der Waals surface area contributed by atoms with Crippen molar-refractivity contribution in [3.63, 3.8) is 0 Å². The van der Waals surface area contributed by atoms with E-state index in [0.717, 1.165) is 23.4 Å². The van der Waals surface area contributed by atoms with Crippen molar-refractivity contribution in [3.8, 4) is 17.1 Å². The molecule has 8 nitrogen and oxygen atoms in total. The molecule has 0 radical (unpaired) electrons. The smallest absolute Gasteiger partial charge is 0.272 e. The number of nitrogens with one attached hydrogen (secondary N) is 2. The highest BCUT2D eigenvalue weighted by Crippen LogP contribution is 2.31. The first-order valence-corrected chi connectivity index (χ1v) is 16.2. The second-order valence-corrected chi connectivity index (χ2v) is 11.9. The minimum absolute atomic E-state index is 0.00642. The van der Waals surface area contributed by atoms with E-state index in [0.29, 0.717) is 40.8 Å². The number of methoxy groups -OCH3 is 1. The average Bonchev–Trinajstić information content (AvgIpc) is 3.59. The fraction of sp³-hybridized carbons (Fsp3) is 0.132. The summed E-state index contributed by atoms with van der Waals surface area (Å²) in [6.07, 6.45) is 2.36. The monoisotopic (exact) mass is 643 g/mol. The number of benzene rings is 4. The van der Waals surface area contributed by atoms with Gasteiger partial charge in [-0.15, -0.1) is 11.8 Å². The lowest BCUT2D eigenvalue weighted by Gasteiger charge is -2.28. The summed E-state index contributed by atoms with van der Waals surface area (Å²) in [5.41, 5.74) is 4.22. The quantitative estimate of drug-likeness (QED) is 0.125. The largest absolute Gasteiger partial charge is 0.496 e. The fourth-order valence-corrected chi connectivity index (χ4v) is 6.09. The Bertz CT molecular complexity index is 1920. The second-order valence-electron chi connectivity index (χ2n) is 10.9. The van der Waals surface area contributed by atoms with Gasteiger partial charge in [0, 0.05) is 35.3 Å². The van der Waals surface area contributed by atoms with E-state index < -0.39 is 11.8 Å². The maximum Gasteiger partial charge on any atom is 0.272 e. The molecule has 1 aromatic heterocycles. The first-order valence-electron chi connectivity index (χ1n) is 15.2. The van der Waals surface area contributed by atoms with Gasteiger partial charge in [-0.25, -0.2) is 0 Å². The SMILES string of the molecule is COc1ccccc1-c1ccc(C=C(NC(=O)c2ccccc2)C(=O)Nc2ccc(SCC(=O)N3CCc4ccccc4C3)cc2)o1. The Labute approximate surface area is 277 Å². The Morgan fingerprint density at radius 1 is 0.851 bits per heavy atom. The molecule has 0 spiro atoms. The minimum Gasteiger partial charge on any atom is -0.496 e. The molecule has 3 amide bonds. The number of nitrogens with zero attached hydrogens (tertiary/aromatic N) is 1. The van der Waals surface area contributed by atoms with Crippen molar-refractivity contribution in [2.75, 3.05) is 24.7 Å². The van der Waals surface area contributed by atoms with Crippen molar-refractivity contribution in [1.82, 2.24) is 10.2 Å². The highest BCUT2D eigenvalue weighted by molar-refractivity contribution is 8.00. The van der Waals surface area contributed by atoms with E-state index >= 15 is 0 Å². The van der Waals surface area contributed by atoms with E-state index in [1.807, 2.05) is 59.5 Å². The third-order valence-corrected chi connectivity index (χ3v) is 8.77. The molecule has 0 unspecified atom stereocenters. The van der Waals surface area contributed by atoms with Crippen LogP contribution in [0.2, 0.25) is 0 Å². The number of ether oxygens (including phenoxy) is 1. The molecule has 1 aliphatic rings. The summed E-state index contributed by atoms with van der Waals surface area (Å²) in [6, 6.07) is 35.1. The molecule has 0 saturated carbocycles. The van der Waals surface area contributed by atoms with Crippen LogP contribution in [0.3, 0.4) is 0 Å². The summed E-state index contributed by atoms with van der Waals surface area (Å²) in [6.45, 7) is 1.36. The van der Waals surface area contributed by atoms with Crippen LogP contribution in [0.4, 0.5) is 5.69 Å². The number of carbonyl (C=O) groups excluding carboxylic acids is 3. The number of fused-ring (bicyclic) bond motifs is 1. The van der Waals surface area contributed by atoms with Gasteiger partial charge in [0.1, 0.15) is 23.0 Å². The molecule has 9 heteroatoms. The number of anilines is 1. The minimum atomic E-state index is -0.523. The average molecular weight is 644 g/mol. The second kappa shape index (κ2) is 14.7. The maximum atomic E-state index is 13.5. The summed E-state index contributed by atoms with van der Waals surface area (Å²) >= 11 is 1.45. The number of amides is 3. The lowest BCUT2D eigenvalue weighted by atomic mass is 10.00. The number of para-hydroxylation sites is 1. The third-order valence-electron chi connectivity index (χ3n) is 7.77. The van der Waals surface area contributed by atoms with Gasteiger partial charge >= 0.3 is 0 Å². The van der Waals surface area contributed by atoms with Crippen molar-refractivity contribution in [2.24, 2.45) is 0 Å². The van der Waals surface area contributed by atoms with E-state index in [9.17, 15) is 14.4 Å². The topological polar surface area (TPSA) is 101 Å². The van der Waals surface area contributed by atoms with E-state index in [1.165, 1.54) is 29.0 Å². The molecule has 2 heterocycles. The standard InChI is InChI=1S/C38H33N3O5S/c1-45-34-14-8-7-13-32(34)35-20-17-30(46-35)23-33(40-37(43)27-10-3-2-4-11-27)38(44)39-29-15-18-31(19-16-29)47-25-36(42)41-22-21-26-9-5-6-12-28(26)24-41/h2-20,23H,21-22,24-25H2,1H3,(H,39,44)(H,40,43). The van der Waals surface area contributed by atoms with Gasteiger partial charge in [0.2, 0.25) is 5.91 Å². The predicted molar refractivity (Wildman–Crippen MR) is 184 cm³/mol. The number of thioether (sulfide) groups is 1. The van der Waals surface area contributed by atoms with E-state index in [-0.39, 0.29) is 11.6 Å². The number of hydrogen-bond donors (Lipinski definition) is 2. The van der Waals surface area contributed by atoms with Crippen LogP contribution in [0.15, 0.2) is 130 Å². The van der Waals surface area contributed by atoms with Crippen LogP contribution in [0.5, 0.6) is 5.75 Å². The normalized spacial score (nSPS) is 12.6. The molecule has 0 bridgehead atoms. The van der Waals surface area contributed by atoms with Crippen molar-refractivity contribution >= 4 is 41.2 Å². The van der Waals surface area contributed by atoms with Crippen LogP contribution in [0, 0.1) is 0 Å². The Balaban J connectivity index is 1.13. The zero-order chi connectivity index (χ0) is 32.6. The van der Waals surface area contributed by atoms with Crippen molar-refractivity contribution in [1.29, 1.82) is 0 Å². The van der Waals surface area contributed by atoms with Crippen LogP contribution in [0.1, 0.15) is 27.2 Å². The lowest BCUT2D eigenvalue weighted by Crippen LogP contribution is -2.37. The van der Waals surface area contributed by atoms with Crippen molar-refractivity contribution in [3.05, 3.63) is 143 Å². The number of rotatable bonds is 10. The molecule has 4 aromatic carbocycles. The number of carbonyl (C=O) groups is 3. The molecule has 6 rings (SSSR count). The lowest BCUT2D eigenvalue weighted by molar-refractivity contribution is -0.129. The Morgan fingerprint density at radius 3 is 2.36 bits per heavy atom. The molecule has 0 aliphatic carbocycles. The summed E-state index contributed by atoms with van der Waals surface area (Å²) in [5, 5.41) is 5.60. The molecule has 0 atom stereocenters. The van der Waals surface area contributed by atoms with E-state index in [4.69, 9.17) is 9.15 Å². The van der Waals surface area contributed by atoms with Crippen LogP contribution >= 0.6 is 11.8 Å². The van der Waals surface area contributed by atoms with E-state index in [2.05, 4.69) is 22.8 Å². The van der Waals surface area contributed by atoms with Crippen LogP contribution in [-0.4, -0.2) is 42.0 Å². The molecule has 0 fully saturated rings. The van der Waals surface area contributed by atoms with Gasteiger partial charge in [-0.3, -0.25) is 14.4 Å². The van der Waals surface area contributed by atoms with E-state index in [1.54, 1.807) is 55.6 Å². The van der Waals surface area contributed by atoms with Crippen molar-refractivity contribution < 1.29 is 23.5 Å². The van der Waals surface area contributed by atoms with Gasteiger partial charge in [-0.2, -0.15) is 0 Å². The van der Waals surface area contributed by atoms with Crippen LogP contribution in [0.25, 0.3) is 17.4 Å². The molecular formula is C38H33N3O5S. The van der Waals surface area contributed by atoms with Gasteiger partial charge in [-0.1, -0.05) is 54.6 Å². The molecule has 5 aromatic rings. The van der Waals surface area contributed by atoms with Crippen LogP contribution < -0.4 is 15.4 Å². The molecule has 47 heavy (non-hydrogen) atoms. The Hall–Kier alpha value is -5.54. The maximum absolute atomic E-state index is 13.5. The van der Waals surface area contributed by atoms with Gasteiger partial charge in [0.05, 0.1) is 18.4 Å². The first kappa shape index (κ1) is 31.4. The predicted octanol–water partition coefficient (Wildman–Crippen LogP) is 7.04.